The second kappa shape index (κ2) is 11.4. The highest BCUT2D eigenvalue weighted by Gasteiger charge is 2.32. The van der Waals surface area contributed by atoms with Crippen LogP contribution < -0.4 is 29.1 Å². The van der Waals surface area contributed by atoms with Crippen LogP contribution in [0.5, 0.6) is 17.2 Å². The molecule has 6 nitrogen and oxygen atoms in total. The van der Waals surface area contributed by atoms with Gasteiger partial charge in [-0.25, -0.2) is 4.99 Å². The summed E-state index contributed by atoms with van der Waals surface area (Å²) in [6, 6.07) is 32.0. The molecule has 1 atom stereocenters. The summed E-state index contributed by atoms with van der Waals surface area (Å²) in [5, 5.41) is 0. The predicted molar refractivity (Wildman–Crippen MR) is 170 cm³/mol. The molecular formula is C36H30N2O4S. The summed E-state index contributed by atoms with van der Waals surface area (Å²) in [7, 11) is 3.29. The second-order valence-corrected chi connectivity index (χ2v) is 11.6. The maximum absolute atomic E-state index is 14.1. The summed E-state index contributed by atoms with van der Waals surface area (Å²) in [5.74, 6) is 2.04. The molecule has 43 heavy (non-hydrogen) atoms. The minimum atomic E-state index is -0.240. The largest absolute Gasteiger partial charge is 0.497 e. The average Bonchev–Trinajstić information content (AvgIpc) is 3.37. The zero-order chi connectivity index (χ0) is 29.3. The van der Waals surface area contributed by atoms with E-state index in [0.29, 0.717) is 27.4 Å². The van der Waals surface area contributed by atoms with Gasteiger partial charge in [0.25, 0.3) is 5.56 Å². The Hall–Kier alpha value is -4.88. The van der Waals surface area contributed by atoms with Gasteiger partial charge < -0.3 is 14.2 Å². The van der Waals surface area contributed by atoms with Crippen molar-refractivity contribution in [1.82, 2.24) is 4.57 Å². The zero-order valence-electron chi connectivity index (χ0n) is 23.9. The van der Waals surface area contributed by atoms with Gasteiger partial charge in [0.2, 0.25) is 0 Å². The van der Waals surface area contributed by atoms with E-state index in [4.69, 9.17) is 19.2 Å². The fraction of sp³-hybridized carbons (Fsp3) is 0.167. The van der Waals surface area contributed by atoms with E-state index in [1.165, 1.54) is 22.5 Å². The minimum Gasteiger partial charge on any atom is -0.497 e. The molecule has 7 rings (SSSR count). The number of benzene rings is 4. The summed E-state index contributed by atoms with van der Waals surface area (Å²) in [6.07, 6.45) is 3.67. The van der Waals surface area contributed by atoms with Crippen LogP contribution in [0.2, 0.25) is 0 Å². The molecule has 214 valence electrons. The Bertz CT molecular complexity index is 2020. The molecule has 0 amide bonds. The first-order valence-electron chi connectivity index (χ1n) is 14.2. The summed E-state index contributed by atoms with van der Waals surface area (Å²) in [4.78, 5) is 19.9. The number of aryl methyl sites for hydroxylation is 1. The van der Waals surface area contributed by atoms with Crippen molar-refractivity contribution >= 4 is 23.1 Å². The molecule has 0 spiro atoms. The van der Waals surface area contributed by atoms with E-state index in [0.717, 1.165) is 46.5 Å². The first-order chi connectivity index (χ1) is 21.1. The van der Waals surface area contributed by atoms with Crippen LogP contribution in [0.1, 0.15) is 40.3 Å². The lowest BCUT2D eigenvalue weighted by Crippen LogP contribution is -2.38. The van der Waals surface area contributed by atoms with Crippen LogP contribution in [0.4, 0.5) is 0 Å². The highest BCUT2D eigenvalue weighted by atomic mass is 32.1. The number of nitrogens with zero attached hydrogens (tertiary/aromatic N) is 2. The summed E-state index contributed by atoms with van der Waals surface area (Å²) < 4.78 is 19.6. The molecule has 7 heteroatoms. The van der Waals surface area contributed by atoms with Gasteiger partial charge in [0.15, 0.2) is 16.3 Å². The molecule has 0 fully saturated rings. The summed E-state index contributed by atoms with van der Waals surface area (Å²) in [6.45, 7) is 0.439. The third kappa shape index (κ3) is 5.06. The van der Waals surface area contributed by atoms with Crippen LogP contribution in [0.3, 0.4) is 0 Å². The van der Waals surface area contributed by atoms with Gasteiger partial charge in [-0.05, 0) is 71.0 Å². The number of allylic oxidation sites excluding steroid dienone is 1. The quantitative estimate of drug-likeness (QED) is 0.238. The highest BCUT2D eigenvalue weighted by Crippen LogP contribution is 2.41. The monoisotopic (exact) mass is 586 g/mol. The number of hydrogen-bond acceptors (Lipinski definition) is 6. The van der Waals surface area contributed by atoms with Crippen molar-refractivity contribution in [3.63, 3.8) is 0 Å². The van der Waals surface area contributed by atoms with Gasteiger partial charge in [0.1, 0.15) is 12.4 Å². The first kappa shape index (κ1) is 27.0. The molecular weight excluding hydrogens is 556 g/mol. The standard InChI is InChI=1S/C36H30N2O4S/c1-40-27-16-13-26(14-17-27)34-29-18-15-25-10-6-7-11-28(25)33(29)37-36-38(34)35(39)32(43-36)21-24-12-19-30(31(20-24)41-2)42-22-23-8-4-3-5-9-23/h3-14,16-17,19-21,34H,15,18,22H2,1-2H3/b32-21-/t34-/m0/s1. The molecule has 2 heterocycles. The highest BCUT2D eigenvalue weighted by molar-refractivity contribution is 7.07. The van der Waals surface area contributed by atoms with Gasteiger partial charge in [-0.1, -0.05) is 84.1 Å². The molecule has 0 bridgehead atoms. The Labute approximate surface area is 253 Å². The van der Waals surface area contributed by atoms with Crippen molar-refractivity contribution in [2.24, 2.45) is 4.99 Å². The van der Waals surface area contributed by atoms with Gasteiger partial charge in [-0.3, -0.25) is 9.36 Å². The van der Waals surface area contributed by atoms with Crippen LogP contribution in [-0.2, 0) is 13.0 Å². The summed E-state index contributed by atoms with van der Waals surface area (Å²) in [5.41, 5.74) is 7.50. The van der Waals surface area contributed by atoms with E-state index >= 15 is 0 Å². The Morgan fingerprint density at radius 1 is 0.884 bits per heavy atom. The molecule has 0 radical (unpaired) electrons. The third-order valence-corrected chi connectivity index (χ3v) is 9.01. The number of aromatic nitrogens is 1. The SMILES string of the molecule is COc1ccc([C@H]2C3=C(N=c4s/c(=C\c5ccc(OCc6ccccc6)c(OC)c5)c(=O)n42)c2ccccc2CC3)cc1. The van der Waals surface area contributed by atoms with Gasteiger partial charge in [0, 0.05) is 5.56 Å². The van der Waals surface area contributed by atoms with E-state index in [2.05, 4.69) is 36.4 Å². The van der Waals surface area contributed by atoms with Gasteiger partial charge >= 0.3 is 0 Å². The average molecular weight is 587 g/mol. The molecule has 0 N–H and O–H groups in total. The molecule has 0 unspecified atom stereocenters. The lowest BCUT2D eigenvalue weighted by atomic mass is 9.83. The van der Waals surface area contributed by atoms with E-state index in [1.54, 1.807) is 14.2 Å². The van der Waals surface area contributed by atoms with Crippen LogP contribution in [-0.4, -0.2) is 18.8 Å². The Morgan fingerprint density at radius 3 is 2.47 bits per heavy atom. The molecule has 0 saturated heterocycles. The maximum Gasteiger partial charge on any atom is 0.271 e. The van der Waals surface area contributed by atoms with E-state index in [-0.39, 0.29) is 11.6 Å². The molecule has 1 aliphatic heterocycles. The molecule has 1 aliphatic carbocycles. The minimum absolute atomic E-state index is 0.0571. The fourth-order valence-electron chi connectivity index (χ4n) is 5.89. The number of hydrogen-bond donors (Lipinski definition) is 0. The van der Waals surface area contributed by atoms with Crippen LogP contribution in [0, 0.1) is 0 Å². The summed E-state index contributed by atoms with van der Waals surface area (Å²) >= 11 is 1.42. The second-order valence-electron chi connectivity index (χ2n) is 10.6. The molecule has 1 aromatic heterocycles. The molecule has 0 saturated carbocycles. The van der Waals surface area contributed by atoms with Crippen molar-refractivity contribution in [2.45, 2.75) is 25.5 Å². The normalized spacial score (nSPS) is 15.7. The molecule has 2 aliphatic rings. The Balaban J connectivity index is 1.31. The van der Waals surface area contributed by atoms with Crippen molar-refractivity contribution in [3.8, 4) is 17.2 Å². The lowest BCUT2D eigenvalue weighted by Gasteiger charge is -2.30. The first-order valence-corrected chi connectivity index (χ1v) is 15.1. The van der Waals surface area contributed by atoms with Crippen molar-refractivity contribution in [3.05, 3.63) is 150 Å². The zero-order valence-corrected chi connectivity index (χ0v) is 24.8. The predicted octanol–water partition coefficient (Wildman–Crippen LogP) is 5.91. The maximum atomic E-state index is 14.1. The van der Waals surface area contributed by atoms with Gasteiger partial charge in [0.05, 0.1) is 30.5 Å². The van der Waals surface area contributed by atoms with Crippen LogP contribution >= 0.6 is 11.3 Å². The van der Waals surface area contributed by atoms with Crippen LogP contribution in [0.15, 0.2) is 112 Å². The number of thiazole rings is 1. The van der Waals surface area contributed by atoms with Crippen molar-refractivity contribution in [2.75, 3.05) is 14.2 Å². The number of methoxy groups -OCH3 is 2. The number of ether oxygens (including phenoxy) is 3. The Kier molecular flexibility index (Phi) is 7.17. The lowest BCUT2D eigenvalue weighted by molar-refractivity contribution is 0.284. The molecule has 4 aromatic carbocycles. The van der Waals surface area contributed by atoms with E-state index < -0.39 is 0 Å². The van der Waals surface area contributed by atoms with Crippen LogP contribution in [0.25, 0.3) is 11.8 Å². The number of rotatable bonds is 7. The molecule has 5 aromatic rings. The van der Waals surface area contributed by atoms with E-state index in [1.807, 2.05) is 71.3 Å². The van der Waals surface area contributed by atoms with Crippen molar-refractivity contribution in [1.29, 1.82) is 0 Å². The smallest absolute Gasteiger partial charge is 0.271 e. The number of fused-ring (bicyclic) bond motifs is 3. The van der Waals surface area contributed by atoms with Gasteiger partial charge in [-0.2, -0.15) is 0 Å². The van der Waals surface area contributed by atoms with E-state index in [9.17, 15) is 4.79 Å². The Morgan fingerprint density at radius 2 is 1.67 bits per heavy atom. The van der Waals surface area contributed by atoms with Crippen molar-refractivity contribution < 1.29 is 14.2 Å². The topological polar surface area (TPSA) is 62.0 Å². The fourth-order valence-corrected chi connectivity index (χ4v) is 6.89. The van der Waals surface area contributed by atoms with Gasteiger partial charge in [-0.15, -0.1) is 0 Å². The third-order valence-electron chi connectivity index (χ3n) is 8.03.